The second-order valence-corrected chi connectivity index (χ2v) is 8.64. The molecule has 3 aliphatic rings. The van der Waals surface area contributed by atoms with Crippen molar-refractivity contribution in [3.05, 3.63) is 41.5 Å². The molecule has 1 N–H and O–H groups in total. The molecule has 0 amide bonds. The SMILES string of the molecule is COc1ccc([C@H]2c3cc4c(cc3O[C@@](C)([NH+]3CCCC3)[C@H]2C)OCO4)c(OC)c1. The minimum absolute atomic E-state index is 0.0993. The zero-order valence-corrected chi connectivity index (χ0v) is 18.1. The Morgan fingerprint density at radius 3 is 2.37 bits per heavy atom. The normalized spacial score (nSPS) is 27.5. The molecule has 1 saturated heterocycles. The Hall–Kier alpha value is -2.60. The van der Waals surface area contributed by atoms with E-state index in [9.17, 15) is 0 Å². The second kappa shape index (κ2) is 7.27. The molecule has 30 heavy (non-hydrogen) atoms. The molecule has 3 atom stereocenters. The van der Waals surface area contributed by atoms with Crippen molar-refractivity contribution < 1.29 is 28.6 Å². The first-order valence-corrected chi connectivity index (χ1v) is 10.7. The van der Waals surface area contributed by atoms with Gasteiger partial charge in [0.1, 0.15) is 17.2 Å². The van der Waals surface area contributed by atoms with E-state index < -0.39 is 0 Å². The van der Waals surface area contributed by atoms with Crippen LogP contribution in [0.5, 0.6) is 28.7 Å². The Morgan fingerprint density at radius 1 is 0.933 bits per heavy atom. The summed E-state index contributed by atoms with van der Waals surface area (Å²) in [5.41, 5.74) is 1.91. The molecule has 160 valence electrons. The summed E-state index contributed by atoms with van der Waals surface area (Å²) in [5, 5.41) is 0. The average Bonchev–Trinajstić information content (AvgIpc) is 3.45. The summed E-state index contributed by atoms with van der Waals surface area (Å²) in [6, 6.07) is 10.2. The van der Waals surface area contributed by atoms with Gasteiger partial charge >= 0.3 is 0 Å². The predicted octanol–water partition coefficient (Wildman–Crippen LogP) is 2.99. The van der Waals surface area contributed by atoms with Gasteiger partial charge in [-0.05, 0) is 12.1 Å². The van der Waals surface area contributed by atoms with Crippen LogP contribution < -0.4 is 28.6 Å². The number of ether oxygens (including phenoxy) is 5. The fourth-order valence-corrected chi connectivity index (χ4v) is 5.38. The molecule has 2 aromatic carbocycles. The summed E-state index contributed by atoms with van der Waals surface area (Å²) in [6.45, 7) is 7.07. The van der Waals surface area contributed by atoms with Gasteiger partial charge in [0.15, 0.2) is 11.5 Å². The quantitative estimate of drug-likeness (QED) is 0.837. The molecule has 1 fully saturated rings. The maximum Gasteiger partial charge on any atom is 0.242 e. The van der Waals surface area contributed by atoms with E-state index in [1.165, 1.54) is 17.7 Å². The zero-order valence-electron chi connectivity index (χ0n) is 18.1. The Balaban J connectivity index is 1.68. The van der Waals surface area contributed by atoms with E-state index in [0.717, 1.165) is 53.0 Å². The van der Waals surface area contributed by atoms with Crippen LogP contribution in [0.2, 0.25) is 0 Å². The van der Waals surface area contributed by atoms with Gasteiger partial charge in [0.2, 0.25) is 12.5 Å². The lowest BCUT2D eigenvalue weighted by atomic mass is 9.73. The van der Waals surface area contributed by atoms with Gasteiger partial charge in [0.25, 0.3) is 0 Å². The van der Waals surface area contributed by atoms with E-state index in [4.69, 9.17) is 23.7 Å². The third kappa shape index (κ3) is 2.88. The zero-order chi connectivity index (χ0) is 20.9. The van der Waals surface area contributed by atoms with Crippen LogP contribution >= 0.6 is 0 Å². The lowest BCUT2D eigenvalue weighted by Gasteiger charge is -2.47. The number of benzene rings is 2. The molecule has 0 radical (unpaired) electrons. The van der Waals surface area contributed by atoms with Crippen LogP contribution in [0.4, 0.5) is 0 Å². The Bertz CT molecular complexity index is 955. The van der Waals surface area contributed by atoms with Crippen LogP contribution in [-0.4, -0.2) is 39.8 Å². The van der Waals surface area contributed by atoms with Crippen molar-refractivity contribution in [2.45, 2.75) is 38.3 Å². The van der Waals surface area contributed by atoms with Gasteiger partial charge in [-0.25, -0.2) is 0 Å². The molecular weight excluding hydrogens is 382 g/mol. The lowest BCUT2D eigenvalue weighted by Crippen LogP contribution is -3.20. The first-order valence-electron chi connectivity index (χ1n) is 10.7. The minimum atomic E-state index is -0.340. The summed E-state index contributed by atoms with van der Waals surface area (Å²) < 4.78 is 29.4. The number of methoxy groups -OCH3 is 2. The molecule has 6 heteroatoms. The first-order chi connectivity index (χ1) is 14.5. The van der Waals surface area contributed by atoms with E-state index in [2.05, 4.69) is 26.0 Å². The van der Waals surface area contributed by atoms with E-state index in [-0.39, 0.29) is 24.4 Å². The van der Waals surface area contributed by atoms with Gasteiger partial charge in [-0.1, -0.05) is 13.0 Å². The maximum absolute atomic E-state index is 6.77. The van der Waals surface area contributed by atoms with Gasteiger partial charge < -0.3 is 23.7 Å². The molecule has 2 aromatic rings. The number of likely N-dealkylation sites (tertiary alicyclic amines) is 1. The van der Waals surface area contributed by atoms with Crippen molar-refractivity contribution in [3.8, 4) is 28.7 Å². The van der Waals surface area contributed by atoms with Gasteiger partial charge in [-0.2, -0.15) is 0 Å². The summed E-state index contributed by atoms with van der Waals surface area (Å²) in [5.74, 6) is 4.34. The number of nitrogens with one attached hydrogen (secondary N) is 1. The van der Waals surface area contributed by atoms with Crippen LogP contribution in [0, 0.1) is 5.92 Å². The molecule has 0 bridgehead atoms. The van der Waals surface area contributed by atoms with Crippen molar-refractivity contribution >= 4 is 0 Å². The molecule has 0 saturated carbocycles. The summed E-state index contributed by atoms with van der Waals surface area (Å²) in [6.07, 6.45) is 2.48. The third-order valence-corrected chi connectivity index (χ3v) is 7.22. The van der Waals surface area contributed by atoms with Crippen LogP contribution in [-0.2, 0) is 0 Å². The fourth-order valence-electron chi connectivity index (χ4n) is 5.38. The van der Waals surface area contributed by atoms with Crippen LogP contribution in [0.1, 0.15) is 43.7 Å². The first kappa shape index (κ1) is 19.4. The topological polar surface area (TPSA) is 50.6 Å². The maximum atomic E-state index is 6.77. The highest BCUT2D eigenvalue weighted by molar-refractivity contribution is 5.58. The standard InChI is InChI=1S/C24H29NO5/c1-15-23(17-8-7-16(26-3)11-19(17)27-4)18-12-21-22(29-14-28-21)13-20(18)30-24(15,2)25-9-5-6-10-25/h7-8,11-13,15,23H,5-6,9-10,14H2,1-4H3/p+1/t15-,23-,24+/m0/s1. The summed E-state index contributed by atoms with van der Waals surface area (Å²) in [4.78, 5) is 1.51. The largest absolute Gasteiger partial charge is 0.497 e. The van der Waals surface area contributed by atoms with Gasteiger partial charge in [0.05, 0.1) is 33.2 Å². The van der Waals surface area contributed by atoms with Crippen LogP contribution in [0.3, 0.4) is 0 Å². The van der Waals surface area contributed by atoms with E-state index >= 15 is 0 Å². The van der Waals surface area contributed by atoms with Gasteiger partial charge in [-0.15, -0.1) is 0 Å². The molecule has 5 rings (SSSR count). The fraction of sp³-hybridized carbons (Fsp3) is 0.500. The Morgan fingerprint density at radius 2 is 1.67 bits per heavy atom. The third-order valence-electron chi connectivity index (χ3n) is 7.22. The monoisotopic (exact) mass is 412 g/mol. The van der Waals surface area contributed by atoms with E-state index in [1.807, 2.05) is 18.2 Å². The predicted molar refractivity (Wildman–Crippen MR) is 112 cm³/mol. The van der Waals surface area contributed by atoms with Crippen LogP contribution in [0.25, 0.3) is 0 Å². The van der Waals surface area contributed by atoms with E-state index in [1.54, 1.807) is 14.2 Å². The molecule has 6 nitrogen and oxygen atoms in total. The van der Waals surface area contributed by atoms with Crippen molar-refractivity contribution in [1.29, 1.82) is 0 Å². The Kier molecular flexibility index (Phi) is 4.69. The number of fused-ring (bicyclic) bond motifs is 2. The van der Waals surface area contributed by atoms with Crippen LogP contribution in [0.15, 0.2) is 30.3 Å². The molecule has 3 aliphatic heterocycles. The van der Waals surface area contributed by atoms with E-state index in [0.29, 0.717) is 0 Å². The molecule has 0 aliphatic carbocycles. The summed E-state index contributed by atoms with van der Waals surface area (Å²) in [7, 11) is 3.39. The highest BCUT2D eigenvalue weighted by Gasteiger charge is 2.53. The number of rotatable bonds is 4. The highest BCUT2D eigenvalue weighted by atomic mass is 16.7. The van der Waals surface area contributed by atoms with Crippen molar-refractivity contribution in [2.24, 2.45) is 5.92 Å². The minimum Gasteiger partial charge on any atom is -0.497 e. The number of quaternary nitrogens is 1. The lowest BCUT2D eigenvalue weighted by molar-refractivity contribution is -0.967. The molecule has 0 unspecified atom stereocenters. The molecular formula is C24H30NO5+. The highest BCUT2D eigenvalue weighted by Crippen LogP contribution is 2.52. The Labute approximate surface area is 177 Å². The summed E-state index contributed by atoms with van der Waals surface area (Å²) >= 11 is 0. The molecule has 0 spiro atoms. The smallest absolute Gasteiger partial charge is 0.242 e. The number of hydrogen-bond donors (Lipinski definition) is 1. The van der Waals surface area contributed by atoms with Crippen molar-refractivity contribution in [2.75, 3.05) is 34.1 Å². The number of hydrogen-bond acceptors (Lipinski definition) is 5. The van der Waals surface area contributed by atoms with Crippen molar-refractivity contribution in [1.82, 2.24) is 0 Å². The van der Waals surface area contributed by atoms with Crippen molar-refractivity contribution in [3.63, 3.8) is 0 Å². The average molecular weight is 413 g/mol. The second-order valence-electron chi connectivity index (χ2n) is 8.64. The van der Waals surface area contributed by atoms with Gasteiger partial charge in [0, 0.05) is 48.9 Å². The molecule has 3 heterocycles. The van der Waals surface area contributed by atoms with Gasteiger partial charge in [-0.3, -0.25) is 4.90 Å². The molecule has 0 aromatic heterocycles.